The van der Waals surface area contributed by atoms with Gasteiger partial charge in [-0.1, -0.05) is 18.2 Å². The van der Waals surface area contributed by atoms with Crippen molar-refractivity contribution >= 4 is 22.3 Å². The second-order valence-electron chi connectivity index (χ2n) is 4.35. The summed E-state index contributed by atoms with van der Waals surface area (Å²) in [7, 11) is 0. The number of aromatic nitrogens is 1. The van der Waals surface area contributed by atoms with Gasteiger partial charge in [0.25, 0.3) is 0 Å². The van der Waals surface area contributed by atoms with E-state index < -0.39 is 17.2 Å². The number of nitrogens with two attached hydrogens (primary N) is 1. The Balaban J connectivity index is 2.04. The number of benzene rings is 1. The van der Waals surface area contributed by atoms with Gasteiger partial charge in [0.2, 0.25) is 0 Å². The highest BCUT2D eigenvalue weighted by Gasteiger charge is 2.35. The van der Waals surface area contributed by atoms with Crippen molar-refractivity contribution in [1.82, 2.24) is 10.4 Å². The minimum Gasteiger partial charge on any atom is -0.464 e. The van der Waals surface area contributed by atoms with E-state index in [1.54, 1.807) is 6.07 Å². The summed E-state index contributed by atoms with van der Waals surface area (Å²) >= 11 is 0.559. The monoisotopic (exact) mass is 313 g/mol. The predicted molar refractivity (Wildman–Crippen MR) is 72.5 cm³/mol. The van der Waals surface area contributed by atoms with E-state index >= 15 is 0 Å². The molecule has 0 amide bonds. The lowest BCUT2D eigenvalue weighted by Gasteiger charge is -2.12. The lowest BCUT2D eigenvalue weighted by Crippen LogP contribution is -2.28. The van der Waals surface area contributed by atoms with E-state index in [0.29, 0.717) is 27.4 Å². The van der Waals surface area contributed by atoms with Gasteiger partial charge in [-0.2, -0.15) is 13.2 Å². The molecule has 2 heterocycles. The number of nitrogens with zero attached hydrogens (tertiary/aromatic N) is 1. The number of furan rings is 1. The van der Waals surface area contributed by atoms with E-state index in [2.05, 4.69) is 10.4 Å². The SMILES string of the molecule is NNC(c1cnc(C(F)(F)F)s1)c1coc2ccccc12. The largest absolute Gasteiger partial charge is 0.464 e. The predicted octanol–water partition coefficient (Wildman–Crippen LogP) is 3.46. The van der Waals surface area contributed by atoms with Crippen molar-refractivity contribution < 1.29 is 17.6 Å². The minimum absolute atomic E-state index is 0.372. The van der Waals surface area contributed by atoms with Crippen LogP contribution in [0.1, 0.15) is 21.5 Å². The van der Waals surface area contributed by atoms with Crippen LogP contribution in [0.25, 0.3) is 11.0 Å². The topological polar surface area (TPSA) is 64.1 Å². The number of hydrogen-bond acceptors (Lipinski definition) is 5. The molecule has 0 aliphatic carbocycles. The minimum atomic E-state index is -4.46. The second kappa shape index (κ2) is 5.14. The van der Waals surface area contributed by atoms with Crippen LogP contribution in [-0.4, -0.2) is 4.98 Å². The summed E-state index contributed by atoms with van der Waals surface area (Å²) in [6.07, 6.45) is -1.79. The molecule has 0 aliphatic rings. The summed E-state index contributed by atoms with van der Waals surface area (Å²) in [4.78, 5) is 3.79. The van der Waals surface area contributed by atoms with E-state index in [1.165, 1.54) is 12.5 Å². The quantitative estimate of drug-likeness (QED) is 0.574. The van der Waals surface area contributed by atoms with Crippen molar-refractivity contribution in [3.63, 3.8) is 0 Å². The molecule has 0 saturated carbocycles. The molecule has 0 bridgehead atoms. The maximum atomic E-state index is 12.6. The first-order valence-electron chi connectivity index (χ1n) is 5.96. The van der Waals surface area contributed by atoms with Gasteiger partial charge < -0.3 is 4.42 Å². The molecule has 1 atom stereocenters. The van der Waals surface area contributed by atoms with E-state index in [0.717, 1.165) is 5.39 Å². The fourth-order valence-electron chi connectivity index (χ4n) is 2.10. The first-order valence-corrected chi connectivity index (χ1v) is 6.77. The Morgan fingerprint density at radius 1 is 1.29 bits per heavy atom. The van der Waals surface area contributed by atoms with E-state index in [4.69, 9.17) is 10.3 Å². The smallest absolute Gasteiger partial charge is 0.443 e. The van der Waals surface area contributed by atoms with Crippen LogP contribution in [0.3, 0.4) is 0 Å². The Hall–Kier alpha value is -1.90. The molecule has 1 aromatic carbocycles. The number of hydrazine groups is 1. The molecule has 0 fully saturated rings. The number of nitrogens with one attached hydrogen (secondary N) is 1. The highest BCUT2D eigenvalue weighted by molar-refractivity contribution is 7.11. The van der Waals surface area contributed by atoms with Gasteiger partial charge in [0.1, 0.15) is 5.58 Å². The molecule has 3 rings (SSSR count). The van der Waals surface area contributed by atoms with Crippen LogP contribution >= 0.6 is 11.3 Å². The van der Waals surface area contributed by atoms with Gasteiger partial charge in [0, 0.05) is 22.0 Å². The molecule has 0 saturated heterocycles. The summed E-state index contributed by atoms with van der Waals surface area (Å²) in [5, 5.41) is -0.104. The zero-order chi connectivity index (χ0) is 15.0. The molecule has 3 aromatic rings. The van der Waals surface area contributed by atoms with Crippen LogP contribution < -0.4 is 11.3 Å². The number of thiazole rings is 1. The third kappa shape index (κ3) is 2.53. The van der Waals surface area contributed by atoms with Crippen molar-refractivity contribution in [3.05, 3.63) is 52.2 Å². The van der Waals surface area contributed by atoms with Crippen LogP contribution in [0.2, 0.25) is 0 Å². The summed E-state index contributed by atoms with van der Waals surface area (Å²) in [6, 6.07) is 6.63. The maximum absolute atomic E-state index is 12.6. The normalized spacial score (nSPS) is 13.7. The first kappa shape index (κ1) is 14.1. The Morgan fingerprint density at radius 2 is 2.05 bits per heavy atom. The summed E-state index contributed by atoms with van der Waals surface area (Å²) in [5.74, 6) is 5.51. The Bertz CT molecular complexity index is 765. The number of alkyl halides is 3. The van der Waals surface area contributed by atoms with Gasteiger partial charge in [-0.3, -0.25) is 5.84 Å². The van der Waals surface area contributed by atoms with E-state index in [-0.39, 0.29) is 0 Å². The number of para-hydroxylation sites is 1. The van der Waals surface area contributed by atoms with Gasteiger partial charge in [-0.15, -0.1) is 11.3 Å². The molecular weight excluding hydrogens is 303 g/mol. The van der Waals surface area contributed by atoms with Crippen LogP contribution in [0, 0.1) is 0 Å². The molecule has 1 unspecified atom stereocenters. The fraction of sp³-hybridized carbons (Fsp3) is 0.154. The molecule has 0 radical (unpaired) electrons. The van der Waals surface area contributed by atoms with Crippen LogP contribution in [0.4, 0.5) is 13.2 Å². The van der Waals surface area contributed by atoms with Crippen molar-refractivity contribution in [1.29, 1.82) is 0 Å². The van der Waals surface area contributed by atoms with Crippen molar-refractivity contribution in [2.75, 3.05) is 0 Å². The highest BCUT2D eigenvalue weighted by Crippen LogP contribution is 2.37. The van der Waals surface area contributed by atoms with Gasteiger partial charge >= 0.3 is 6.18 Å². The first-order chi connectivity index (χ1) is 10.0. The van der Waals surface area contributed by atoms with Gasteiger partial charge in [-0.05, 0) is 6.07 Å². The van der Waals surface area contributed by atoms with Crippen molar-refractivity contribution in [3.8, 4) is 0 Å². The van der Waals surface area contributed by atoms with Gasteiger partial charge in [-0.25, -0.2) is 10.4 Å². The Morgan fingerprint density at radius 3 is 2.71 bits per heavy atom. The lowest BCUT2D eigenvalue weighted by atomic mass is 10.1. The molecular formula is C13H10F3N3OS. The average molecular weight is 313 g/mol. The Labute approximate surface area is 121 Å². The standard InChI is InChI=1S/C13H10F3N3OS/c14-13(15,16)12-18-5-10(21-12)11(19-17)8-6-20-9-4-2-1-3-7(8)9/h1-6,11,19H,17H2. The summed E-state index contributed by atoms with van der Waals surface area (Å²) in [6.45, 7) is 0. The Kier molecular flexibility index (Phi) is 3.44. The van der Waals surface area contributed by atoms with Crippen LogP contribution in [0.15, 0.2) is 41.1 Å². The zero-order valence-corrected chi connectivity index (χ0v) is 11.3. The number of halogens is 3. The third-order valence-corrected chi connectivity index (χ3v) is 4.15. The molecule has 2 aromatic heterocycles. The molecule has 21 heavy (non-hydrogen) atoms. The summed E-state index contributed by atoms with van der Waals surface area (Å²) < 4.78 is 43.3. The third-order valence-electron chi connectivity index (χ3n) is 3.04. The summed E-state index contributed by atoms with van der Waals surface area (Å²) in [5.41, 5.74) is 3.84. The van der Waals surface area contributed by atoms with Gasteiger partial charge in [0.15, 0.2) is 5.01 Å². The van der Waals surface area contributed by atoms with E-state index in [9.17, 15) is 13.2 Å². The second-order valence-corrected chi connectivity index (χ2v) is 5.41. The molecule has 110 valence electrons. The average Bonchev–Trinajstić information content (AvgIpc) is 3.07. The molecule has 0 spiro atoms. The molecule has 4 nitrogen and oxygen atoms in total. The van der Waals surface area contributed by atoms with Crippen LogP contribution in [-0.2, 0) is 6.18 Å². The molecule has 3 N–H and O–H groups in total. The van der Waals surface area contributed by atoms with E-state index in [1.807, 2.05) is 18.2 Å². The molecule has 8 heteroatoms. The number of fused-ring (bicyclic) bond motifs is 1. The maximum Gasteiger partial charge on any atom is 0.443 e. The van der Waals surface area contributed by atoms with Crippen molar-refractivity contribution in [2.24, 2.45) is 5.84 Å². The molecule has 0 aliphatic heterocycles. The lowest BCUT2D eigenvalue weighted by molar-refractivity contribution is -0.137. The number of hydrogen-bond donors (Lipinski definition) is 2. The fourth-order valence-corrected chi connectivity index (χ4v) is 2.96. The zero-order valence-electron chi connectivity index (χ0n) is 10.5. The number of rotatable bonds is 3. The van der Waals surface area contributed by atoms with Gasteiger partial charge in [0.05, 0.1) is 12.3 Å². The van der Waals surface area contributed by atoms with Crippen LogP contribution in [0.5, 0.6) is 0 Å². The van der Waals surface area contributed by atoms with Crippen molar-refractivity contribution in [2.45, 2.75) is 12.2 Å². The highest BCUT2D eigenvalue weighted by atomic mass is 32.1.